The first-order valence-corrected chi connectivity index (χ1v) is 11.1. The van der Waals surface area contributed by atoms with E-state index in [1.807, 2.05) is 23.6 Å². The number of amides is 1. The Kier molecular flexibility index (Phi) is 6.28. The Hall–Kier alpha value is -3.57. The molecule has 0 fully saturated rings. The summed E-state index contributed by atoms with van der Waals surface area (Å²) < 4.78 is 8.58. The van der Waals surface area contributed by atoms with Gasteiger partial charge in [0.2, 0.25) is 5.91 Å². The summed E-state index contributed by atoms with van der Waals surface area (Å²) in [4.78, 5) is 25.8. The number of nitrogens with zero attached hydrogens (tertiary/aromatic N) is 4. The molecular formula is C21H20N6O3S2. The summed E-state index contributed by atoms with van der Waals surface area (Å²) in [5, 5.41) is 16.1. The van der Waals surface area contributed by atoms with Crippen molar-refractivity contribution in [1.29, 1.82) is 0 Å². The van der Waals surface area contributed by atoms with Gasteiger partial charge in [-0.25, -0.2) is 9.48 Å². The van der Waals surface area contributed by atoms with Crippen LogP contribution in [0.25, 0.3) is 16.4 Å². The van der Waals surface area contributed by atoms with Crippen molar-refractivity contribution in [3.63, 3.8) is 0 Å². The van der Waals surface area contributed by atoms with Gasteiger partial charge >= 0.3 is 5.97 Å². The number of nitrogens with one attached hydrogen (secondary N) is 2. The molecule has 0 aliphatic rings. The Labute approximate surface area is 192 Å². The lowest BCUT2D eigenvalue weighted by Crippen LogP contribution is -2.24. The van der Waals surface area contributed by atoms with Crippen molar-refractivity contribution >= 4 is 41.1 Å². The summed E-state index contributed by atoms with van der Waals surface area (Å²) >= 11 is 6.87. The number of hydrogen-bond acceptors (Lipinski definition) is 7. The van der Waals surface area contributed by atoms with E-state index >= 15 is 0 Å². The lowest BCUT2D eigenvalue weighted by Gasteiger charge is -2.15. The van der Waals surface area contributed by atoms with Gasteiger partial charge in [0.25, 0.3) is 0 Å². The zero-order valence-electron chi connectivity index (χ0n) is 17.3. The van der Waals surface area contributed by atoms with Gasteiger partial charge in [-0.1, -0.05) is 12.1 Å². The first kappa shape index (κ1) is 21.7. The van der Waals surface area contributed by atoms with Crippen LogP contribution in [0.2, 0.25) is 0 Å². The van der Waals surface area contributed by atoms with Crippen LogP contribution in [0.4, 0.5) is 5.69 Å². The molecule has 32 heavy (non-hydrogen) atoms. The number of aromatic nitrogens is 5. The van der Waals surface area contributed by atoms with Gasteiger partial charge in [-0.05, 0) is 61.8 Å². The van der Waals surface area contributed by atoms with Crippen LogP contribution < -0.4 is 5.32 Å². The maximum atomic E-state index is 13.0. The summed E-state index contributed by atoms with van der Waals surface area (Å²) in [6, 6.07) is 12.0. The number of rotatable bonds is 7. The fourth-order valence-corrected chi connectivity index (χ4v) is 4.12. The number of thiophene rings is 1. The molecule has 0 radical (unpaired) electrons. The van der Waals surface area contributed by atoms with Crippen LogP contribution >= 0.6 is 23.6 Å². The number of aromatic amines is 1. The predicted molar refractivity (Wildman–Crippen MR) is 124 cm³/mol. The standard InChI is InChI=1S/C21H20N6O3S2/c1-3-30-20(29)16-9-10-26(25-16)15-7-4-6-14(12-15)22-19(28)13(2)27-18(23-24-21(27)31)17-8-5-11-32-17/h4-13H,3H2,1-2H3,(H,22,28)(H,24,31). The maximum absolute atomic E-state index is 13.0. The molecule has 4 rings (SSSR count). The molecule has 11 heteroatoms. The summed E-state index contributed by atoms with van der Waals surface area (Å²) in [6.45, 7) is 3.78. The normalized spacial score (nSPS) is 11.8. The highest BCUT2D eigenvalue weighted by molar-refractivity contribution is 7.71. The molecule has 1 unspecified atom stereocenters. The minimum absolute atomic E-state index is 0.213. The molecule has 0 spiro atoms. The molecule has 9 nitrogen and oxygen atoms in total. The van der Waals surface area contributed by atoms with Crippen molar-refractivity contribution in [3.8, 4) is 16.4 Å². The van der Waals surface area contributed by atoms with Crippen molar-refractivity contribution in [2.75, 3.05) is 11.9 Å². The summed E-state index contributed by atoms with van der Waals surface area (Å²) in [5.74, 6) is -0.113. The second-order valence-electron chi connectivity index (χ2n) is 6.78. The van der Waals surface area contributed by atoms with E-state index in [9.17, 15) is 9.59 Å². The zero-order chi connectivity index (χ0) is 22.7. The Bertz CT molecular complexity index is 1310. The van der Waals surface area contributed by atoms with Gasteiger partial charge < -0.3 is 10.1 Å². The van der Waals surface area contributed by atoms with Crippen LogP contribution in [0.5, 0.6) is 0 Å². The lowest BCUT2D eigenvalue weighted by atomic mass is 10.2. The van der Waals surface area contributed by atoms with E-state index in [-0.39, 0.29) is 18.2 Å². The van der Waals surface area contributed by atoms with Gasteiger partial charge in [0.1, 0.15) is 6.04 Å². The molecule has 1 aromatic carbocycles. The second-order valence-corrected chi connectivity index (χ2v) is 8.12. The van der Waals surface area contributed by atoms with Crippen LogP contribution in [0.1, 0.15) is 30.4 Å². The van der Waals surface area contributed by atoms with Crippen molar-refractivity contribution < 1.29 is 14.3 Å². The average Bonchev–Trinajstić information content (AvgIpc) is 3.54. The highest BCUT2D eigenvalue weighted by Crippen LogP contribution is 2.26. The first-order chi connectivity index (χ1) is 15.5. The number of benzene rings is 1. The van der Waals surface area contributed by atoms with Gasteiger partial charge in [0.15, 0.2) is 16.3 Å². The molecule has 0 saturated heterocycles. The molecule has 0 aliphatic carbocycles. The van der Waals surface area contributed by atoms with Gasteiger partial charge in [0.05, 0.1) is 17.2 Å². The molecule has 164 valence electrons. The van der Waals surface area contributed by atoms with Crippen LogP contribution in [-0.2, 0) is 9.53 Å². The first-order valence-electron chi connectivity index (χ1n) is 9.82. The Morgan fingerprint density at radius 2 is 2.12 bits per heavy atom. The van der Waals surface area contributed by atoms with Crippen molar-refractivity contribution in [3.05, 3.63) is 64.5 Å². The van der Waals surface area contributed by atoms with E-state index in [2.05, 4.69) is 20.6 Å². The number of esters is 1. The number of carbonyl (C=O) groups excluding carboxylic acids is 2. The molecule has 3 aromatic heterocycles. The van der Waals surface area contributed by atoms with Crippen LogP contribution in [0.3, 0.4) is 0 Å². The van der Waals surface area contributed by atoms with Crippen LogP contribution in [0, 0.1) is 4.77 Å². The third-order valence-electron chi connectivity index (χ3n) is 4.66. The van der Waals surface area contributed by atoms with E-state index < -0.39 is 12.0 Å². The number of anilines is 1. The second kappa shape index (κ2) is 9.28. The monoisotopic (exact) mass is 468 g/mol. The highest BCUT2D eigenvalue weighted by Gasteiger charge is 2.21. The molecular weight excluding hydrogens is 448 g/mol. The number of ether oxygens (including phenoxy) is 1. The van der Waals surface area contributed by atoms with Crippen molar-refractivity contribution in [1.82, 2.24) is 24.5 Å². The number of hydrogen-bond donors (Lipinski definition) is 2. The van der Waals surface area contributed by atoms with Crippen LogP contribution in [0.15, 0.2) is 54.0 Å². The quantitative estimate of drug-likeness (QED) is 0.310. The highest BCUT2D eigenvalue weighted by atomic mass is 32.1. The Morgan fingerprint density at radius 1 is 1.28 bits per heavy atom. The van der Waals surface area contributed by atoms with Gasteiger partial charge in [-0.3, -0.25) is 14.5 Å². The zero-order valence-corrected chi connectivity index (χ0v) is 18.9. The number of H-pyrrole nitrogens is 1. The summed E-state index contributed by atoms with van der Waals surface area (Å²) in [5.41, 5.74) is 1.48. The minimum Gasteiger partial charge on any atom is -0.461 e. The third kappa shape index (κ3) is 4.39. The van der Waals surface area contributed by atoms with Gasteiger partial charge in [-0.15, -0.1) is 11.3 Å². The van der Waals surface area contributed by atoms with E-state index in [0.29, 0.717) is 22.0 Å². The van der Waals surface area contributed by atoms with Crippen molar-refractivity contribution in [2.45, 2.75) is 19.9 Å². The molecule has 0 aliphatic heterocycles. The predicted octanol–water partition coefficient (Wildman–Crippen LogP) is 4.23. The van der Waals surface area contributed by atoms with E-state index in [0.717, 1.165) is 4.88 Å². The van der Waals surface area contributed by atoms with E-state index in [1.54, 1.807) is 53.6 Å². The van der Waals surface area contributed by atoms with Crippen molar-refractivity contribution in [2.24, 2.45) is 0 Å². The Balaban J connectivity index is 1.53. The lowest BCUT2D eigenvalue weighted by molar-refractivity contribution is -0.118. The molecule has 4 aromatic rings. The van der Waals surface area contributed by atoms with E-state index in [4.69, 9.17) is 17.0 Å². The molecule has 0 saturated carbocycles. The molecule has 1 atom stereocenters. The fraction of sp³-hybridized carbons (Fsp3) is 0.190. The molecule has 0 bridgehead atoms. The Morgan fingerprint density at radius 3 is 2.88 bits per heavy atom. The molecule has 3 heterocycles. The molecule has 2 N–H and O–H groups in total. The maximum Gasteiger partial charge on any atom is 0.358 e. The average molecular weight is 469 g/mol. The molecule has 1 amide bonds. The fourth-order valence-electron chi connectivity index (χ4n) is 3.12. The summed E-state index contributed by atoms with van der Waals surface area (Å²) in [7, 11) is 0. The number of carbonyl (C=O) groups is 2. The minimum atomic E-state index is -0.595. The van der Waals surface area contributed by atoms with E-state index in [1.165, 1.54) is 11.3 Å². The smallest absolute Gasteiger partial charge is 0.358 e. The van der Waals surface area contributed by atoms with Gasteiger partial charge in [-0.2, -0.15) is 10.2 Å². The van der Waals surface area contributed by atoms with Crippen LogP contribution in [-0.4, -0.2) is 43.0 Å². The topological polar surface area (TPSA) is 107 Å². The SMILES string of the molecule is CCOC(=O)c1ccn(-c2cccc(NC(=O)C(C)n3c(-c4cccs4)n[nH]c3=S)c2)n1. The van der Waals surface area contributed by atoms with Gasteiger partial charge in [0, 0.05) is 11.9 Å². The third-order valence-corrected chi connectivity index (χ3v) is 5.82. The summed E-state index contributed by atoms with van der Waals surface area (Å²) in [6.07, 6.45) is 1.66. The largest absolute Gasteiger partial charge is 0.461 e.